The lowest BCUT2D eigenvalue weighted by atomic mass is 9.85. The van der Waals surface area contributed by atoms with Gasteiger partial charge in [0.2, 0.25) is 0 Å². The lowest BCUT2D eigenvalue weighted by molar-refractivity contribution is -0.220. The second-order valence-electron chi connectivity index (χ2n) is 14.5. The highest BCUT2D eigenvalue weighted by atomic mass is 31.2. The molecule has 0 spiro atoms. The summed E-state index contributed by atoms with van der Waals surface area (Å²) in [5.74, 6) is -1.18. The molecular formula is C40H73O13P. The Labute approximate surface area is 324 Å². The van der Waals surface area contributed by atoms with Gasteiger partial charge in [-0.25, -0.2) is 4.57 Å². The molecular weight excluding hydrogens is 719 g/mol. The van der Waals surface area contributed by atoms with Crippen molar-refractivity contribution in [2.45, 2.75) is 204 Å². The number of aliphatic hydroxyl groups excluding tert-OH is 5. The van der Waals surface area contributed by atoms with Crippen LogP contribution in [-0.2, 0) is 32.7 Å². The number of rotatable bonds is 33. The van der Waals surface area contributed by atoms with Gasteiger partial charge < -0.3 is 39.9 Å². The first-order valence-electron chi connectivity index (χ1n) is 20.6. The summed E-state index contributed by atoms with van der Waals surface area (Å²) in [6.45, 7) is 3.21. The first-order valence-corrected chi connectivity index (χ1v) is 22.1. The van der Waals surface area contributed by atoms with Crippen LogP contribution in [0.4, 0.5) is 0 Å². The summed E-state index contributed by atoms with van der Waals surface area (Å²) in [5.41, 5.74) is 0. The Balaban J connectivity index is 2.56. The Morgan fingerprint density at radius 1 is 0.574 bits per heavy atom. The Morgan fingerprint density at radius 2 is 1.04 bits per heavy atom. The zero-order valence-electron chi connectivity index (χ0n) is 33.0. The van der Waals surface area contributed by atoms with Crippen molar-refractivity contribution >= 4 is 19.8 Å². The van der Waals surface area contributed by atoms with Crippen molar-refractivity contribution in [2.75, 3.05) is 13.2 Å². The fourth-order valence-corrected chi connectivity index (χ4v) is 7.14. The second-order valence-corrected chi connectivity index (χ2v) is 15.9. The van der Waals surface area contributed by atoms with Crippen molar-refractivity contribution < 1.29 is 63.1 Å². The van der Waals surface area contributed by atoms with Gasteiger partial charge in [-0.1, -0.05) is 141 Å². The summed E-state index contributed by atoms with van der Waals surface area (Å²) < 4.78 is 33.3. The van der Waals surface area contributed by atoms with Gasteiger partial charge in [-0.3, -0.25) is 18.6 Å². The minimum absolute atomic E-state index is 0.00682. The van der Waals surface area contributed by atoms with E-state index < -0.39 is 75.7 Å². The molecule has 1 aliphatic rings. The number of phosphoric acid groups is 1. The third-order valence-corrected chi connectivity index (χ3v) is 10.5. The molecule has 1 fully saturated rings. The molecule has 1 rings (SSSR count). The van der Waals surface area contributed by atoms with Crippen LogP contribution in [0.3, 0.4) is 0 Å². The molecule has 0 aromatic carbocycles. The number of carbonyl (C=O) groups excluding carboxylic acids is 2. The molecule has 8 atom stereocenters. The fourth-order valence-electron chi connectivity index (χ4n) is 6.16. The van der Waals surface area contributed by atoms with Crippen LogP contribution in [0.2, 0.25) is 0 Å². The first kappa shape index (κ1) is 50.3. The average Bonchev–Trinajstić information content (AvgIpc) is 3.15. The normalized spacial score (nSPS) is 23.5. The van der Waals surface area contributed by atoms with Crippen LogP contribution in [0, 0.1) is 0 Å². The Morgan fingerprint density at radius 3 is 1.57 bits per heavy atom. The minimum atomic E-state index is -5.12. The van der Waals surface area contributed by atoms with Gasteiger partial charge >= 0.3 is 19.8 Å². The molecule has 6 N–H and O–H groups in total. The zero-order valence-corrected chi connectivity index (χ0v) is 33.9. The SMILES string of the molecule is CCCCCCCC/C=C/C/C=C/CCC(=O)OC(COC(=O)CCCCCCCCCCCCCC)COP(=O)(O)OC1C(O)C(O)C(O)[C@@H](O)C1O. The molecule has 316 valence electrons. The van der Waals surface area contributed by atoms with Gasteiger partial charge in [0.25, 0.3) is 0 Å². The van der Waals surface area contributed by atoms with E-state index >= 15 is 0 Å². The van der Waals surface area contributed by atoms with Crippen LogP contribution in [0.5, 0.6) is 0 Å². The molecule has 0 radical (unpaired) electrons. The molecule has 0 aliphatic heterocycles. The summed E-state index contributed by atoms with van der Waals surface area (Å²) >= 11 is 0. The number of phosphoric ester groups is 1. The standard InChI is InChI=1S/C40H73O13P/c1-3-5-7-9-11-13-15-17-19-21-23-25-27-29-34(42)52-32(30-50-33(41)28-26-24-22-20-18-16-14-12-10-8-6-4-2)31-51-54(48,49)53-40-38(46)36(44)35(43)37(45)39(40)47/h17,19,23,25,32,35-40,43-47H,3-16,18,20-22,24,26-31H2,1-2H3,(H,48,49)/b19-17+,25-23+/t32?,35?,36-,37?,38?,39?,40?/m1/s1. The van der Waals surface area contributed by atoms with Crippen LogP contribution in [0.15, 0.2) is 24.3 Å². The van der Waals surface area contributed by atoms with Crippen molar-refractivity contribution in [3.05, 3.63) is 24.3 Å². The van der Waals surface area contributed by atoms with Gasteiger partial charge in [0.1, 0.15) is 43.2 Å². The Kier molecular flexibility index (Phi) is 29.3. The average molecular weight is 793 g/mol. The number of ether oxygens (including phenoxy) is 2. The van der Waals surface area contributed by atoms with Crippen LogP contribution in [-0.4, -0.2) is 98.3 Å². The van der Waals surface area contributed by atoms with Crippen molar-refractivity contribution in [3.8, 4) is 0 Å². The maximum atomic E-state index is 12.7. The predicted molar refractivity (Wildman–Crippen MR) is 207 cm³/mol. The molecule has 0 saturated heterocycles. The lowest BCUT2D eigenvalue weighted by Gasteiger charge is -2.41. The molecule has 14 heteroatoms. The van der Waals surface area contributed by atoms with Gasteiger partial charge in [-0.15, -0.1) is 0 Å². The van der Waals surface area contributed by atoms with E-state index in [4.69, 9.17) is 18.5 Å². The van der Waals surface area contributed by atoms with Crippen LogP contribution < -0.4 is 0 Å². The monoisotopic (exact) mass is 792 g/mol. The predicted octanol–water partition coefficient (Wildman–Crippen LogP) is 6.89. The van der Waals surface area contributed by atoms with Crippen molar-refractivity contribution in [1.29, 1.82) is 0 Å². The summed E-state index contributed by atoms with van der Waals surface area (Å²) in [6.07, 6.45) is 18.4. The summed E-state index contributed by atoms with van der Waals surface area (Å²) in [4.78, 5) is 35.4. The van der Waals surface area contributed by atoms with Crippen molar-refractivity contribution in [3.63, 3.8) is 0 Å². The van der Waals surface area contributed by atoms with Crippen molar-refractivity contribution in [2.24, 2.45) is 0 Å². The van der Waals surface area contributed by atoms with Crippen molar-refractivity contribution in [1.82, 2.24) is 0 Å². The Hall–Kier alpha value is -1.67. The number of hydrogen-bond donors (Lipinski definition) is 6. The molecule has 13 nitrogen and oxygen atoms in total. The van der Waals surface area contributed by atoms with E-state index in [1.54, 1.807) is 0 Å². The highest BCUT2D eigenvalue weighted by molar-refractivity contribution is 7.47. The van der Waals surface area contributed by atoms with Crippen LogP contribution >= 0.6 is 7.82 Å². The minimum Gasteiger partial charge on any atom is -0.462 e. The van der Waals surface area contributed by atoms with E-state index in [1.807, 2.05) is 12.2 Å². The molecule has 54 heavy (non-hydrogen) atoms. The number of hydrogen-bond acceptors (Lipinski definition) is 12. The molecule has 0 bridgehead atoms. The topological polar surface area (TPSA) is 210 Å². The molecule has 0 heterocycles. The number of esters is 2. The summed E-state index contributed by atoms with van der Waals surface area (Å²) in [7, 11) is -5.12. The number of aliphatic hydroxyl groups is 5. The van der Waals surface area contributed by atoms with E-state index in [1.165, 1.54) is 89.9 Å². The van der Waals surface area contributed by atoms with E-state index in [0.29, 0.717) is 12.8 Å². The number of allylic oxidation sites excluding steroid dienone is 4. The molecule has 7 unspecified atom stereocenters. The Bertz CT molecular complexity index is 1050. The highest BCUT2D eigenvalue weighted by Gasteiger charge is 2.51. The quantitative estimate of drug-likeness (QED) is 0.0173. The molecule has 0 amide bonds. The van der Waals surface area contributed by atoms with Gasteiger partial charge in [0, 0.05) is 12.8 Å². The van der Waals surface area contributed by atoms with Gasteiger partial charge in [0.05, 0.1) is 6.61 Å². The molecule has 1 saturated carbocycles. The largest absolute Gasteiger partial charge is 0.472 e. The van der Waals surface area contributed by atoms with Gasteiger partial charge in [-0.05, 0) is 32.1 Å². The zero-order chi connectivity index (χ0) is 40.0. The molecule has 0 aromatic rings. The van der Waals surface area contributed by atoms with E-state index in [9.17, 15) is 44.6 Å². The third-order valence-electron chi connectivity index (χ3n) is 9.56. The second kappa shape index (κ2) is 31.4. The summed E-state index contributed by atoms with van der Waals surface area (Å²) in [5, 5.41) is 49.9. The lowest BCUT2D eigenvalue weighted by Crippen LogP contribution is -2.64. The summed E-state index contributed by atoms with van der Waals surface area (Å²) in [6, 6.07) is 0. The van der Waals surface area contributed by atoms with E-state index in [2.05, 4.69) is 26.0 Å². The highest BCUT2D eigenvalue weighted by Crippen LogP contribution is 2.47. The van der Waals surface area contributed by atoms with E-state index in [0.717, 1.165) is 32.1 Å². The van der Waals surface area contributed by atoms with Gasteiger partial charge in [0.15, 0.2) is 6.10 Å². The third kappa shape index (κ3) is 24.1. The van der Waals surface area contributed by atoms with Crippen LogP contribution in [0.1, 0.15) is 162 Å². The van der Waals surface area contributed by atoms with Gasteiger partial charge in [-0.2, -0.15) is 0 Å². The molecule has 0 aromatic heterocycles. The molecule has 1 aliphatic carbocycles. The maximum absolute atomic E-state index is 12.7. The van der Waals surface area contributed by atoms with E-state index in [-0.39, 0.29) is 12.8 Å². The maximum Gasteiger partial charge on any atom is 0.472 e. The smallest absolute Gasteiger partial charge is 0.462 e. The van der Waals surface area contributed by atoms with Crippen LogP contribution in [0.25, 0.3) is 0 Å². The first-order chi connectivity index (χ1) is 25.9. The number of unbranched alkanes of at least 4 members (excludes halogenated alkanes) is 17. The fraction of sp³-hybridized carbons (Fsp3) is 0.850. The number of carbonyl (C=O) groups is 2.